The molecule has 1 heterocycles. The van der Waals surface area contributed by atoms with Crippen LogP contribution in [0, 0.1) is 0 Å². The zero-order valence-electron chi connectivity index (χ0n) is 10.6. The minimum atomic E-state index is -2.78. The summed E-state index contributed by atoms with van der Waals surface area (Å²) in [5.41, 5.74) is 1.17. The fraction of sp³-hybridized carbons (Fsp3) is 0.429. The van der Waals surface area contributed by atoms with Crippen molar-refractivity contribution in [2.75, 3.05) is 25.1 Å². The fourth-order valence-electron chi connectivity index (χ4n) is 2.19. The molecule has 1 aliphatic rings. The minimum Gasteiger partial charge on any atom is -0.299 e. The number of hydrogen-bond acceptors (Lipinski definition) is 3. The first-order valence-corrected chi connectivity index (χ1v) is 8.01. The Morgan fingerprint density at radius 3 is 2.67 bits per heavy atom. The maximum Gasteiger partial charge on any atom is 0.151 e. The molecular weight excluding hydrogens is 246 g/mol. The van der Waals surface area contributed by atoms with Crippen molar-refractivity contribution in [1.29, 1.82) is 0 Å². The molecule has 1 aromatic carbocycles. The second kappa shape index (κ2) is 5.67. The summed E-state index contributed by atoms with van der Waals surface area (Å²) in [4.78, 5) is 2.12. The van der Waals surface area contributed by atoms with E-state index in [0.29, 0.717) is 11.5 Å². The van der Waals surface area contributed by atoms with Gasteiger partial charge in [0.2, 0.25) is 0 Å². The third kappa shape index (κ3) is 3.68. The molecule has 0 bridgehead atoms. The van der Waals surface area contributed by atoms with E-state index in [1.165, 1.54) is 5.56 Å². The van der Waals surface area contributed by atoms with Crippen LogP contribution in [0.5, 0.6) is 0 Å². The molecule has 0 N–H and O–H groups in total. The first-order chi connectivity index (χ1) is 8.57. The quantitative estimate of drug-likeness (QED) is 0.833. The lowest BCUT2D eigenvalue weighted by molar-refractivity contribution is 0.290. The molecule has 1 unspecified atom stereocenters. The third-order valence-corrected chi connectivity index (χ3v) is 5.09. The number of hydrogen-bond donors (Lipinski definition) is 0. The SMILES string of the molecule is CN(C/C=C/c1ccccc1)C1CCS(=O)(=O)C1. The average Bonchev–Trinajstić information content (AvgIpc) is 2.71. The molecule has 4 heteroatoms. The van der Waals surface area contributed by atoms with Crippen LogP contribution >= 0.6 is 0 Å². The smallest absolute Gasteiger partial charge is 0.151 e. The van der Waals surface area contributed by atoms with Crippen LogP contribution in [0.4, 0.5) is 0 Å². The average molecular weight is 265 g/mol. The van der Waals surface area contributed by atoms with Gasteiger partial charge in [0.1, 0.15) is 0 Å². The van der Waals surface area contributed by atoms with Gasteiger partial charge < -0.3 is 0 Å². The van der Waals surface area contributed by atoms with Crippen LogP contribution in [-0.2, 0) is 9.84 Å². The number of rotatable bonds is 4. The van der Waals surface area contributed by atoms with E-state index in [0.717, 1.165) is 13.0 Å². The Hall–Kier alpha value is -1.13. The predicted molar refractivity (Wildman–Crippen MR) is 75.2 cm³/mol. The first kappa shape index (κ1) is 13.3. The maximum absolute atomic E-state index is 11.4. The highest BCUT2D eigenvalue weighted by Crippen LogP contribution is 2.16. The maximum atomic E-state index is 11.4. The Labute approximate surface area is 109 Å². The molecule has 0 radical (unpaired) electrons. The van der Waals surface area contributed by atoms with E-state index in [1.54, 1.807) is 0 Å². The van der Waals surface area contributed by atoms with Gasteiger partial charge in [0, 0.05) is 12.6 Å². The topological polar surface area (TPSA) is 37.4 Å². The number of sulfone groups is 1. The molecular formula is C14H19NO2S. The predicted octanol–water partition coefficient (Wildman–Crippen LogP) is 1.82. The molecule has 0 aromatic heterocycles. The lowest BCUT2D eigenvalue weighted by Gasteiger charge is -2.21. The highest BCUT2D eigenvalue weighted by Gasteiger charge is 2.29. The van der Waals surface area contributed by atoms with E-state index < -0.39 is 9.84 Å². The van der Waals surface area contributed by atoms with E-state index in [1.807, 2.05) is 25.2 Å². The standard InChI is InChI=1S/C14H19NO2S/c1-15(14-9-11-18(16,17)12-14)10-5-8-13-6-3-2-4-7-13/h2-8,14H,9-12H2,1H3/b8-5+. The number of likely N-dealkylation sites (N-methyl/N-ethyl adjacent to an activating group) is 1. The van der Waals surface area contributed by atoms with Crippen molar-refractivity contribution in [2.45, 2.75) is 12.5 Å². The van der Waals surface area contributed by atoms with Crippen LogP contribution in [-0.4, -0.2) is 44.5 Å². The highest BCUT2D eigenvalue weighted by molar-refractivity contribution is 7.91. The molecule has 98 valence electrons. The zero-order valence-corrected chi connectivity index (χ0v) is 11.4. The molecule has 2 rings (SSSR count). The number of benzene rings is 1. The molecule has 18 heavy (non-hydrogen) atoms. The largest absolute Gasteiger partial charge is 0.299 e. The van der Waals surface area contributed by atoms with Crippen LogP contribution in [0.25, 0.3) is 6.08 Å². The molecule has 1 aliphatic heterocycles. The second-order valence-corrected chi connectivity index (χ2v) is 7.04. The van der Waals surface area contributed by atoms with Crippen molar-refractivity contribution in [3.63, 3.8) is 0 Å². The van der Waals surface area contributed by atoms with Crippen LogP contribution in [0.15, 0.2) is 36.4 Å². The second-order valence-electron chi connectivity index (χ2n) is 4.81. The summed E-state index contributed by atoms with van der Waals surface area (Å²) in [6, 6.07) is 10.3. The van der Waals surface area contributed by atoms with Crippen LogP contribution in [0.2, 0.25) is 0 Å². The van der Waals surface area contributed by atoms with E-state index in [-0.39, 0.29) is 6.04 Å². The molecule has 0 aliphatic carbocycles. The van der Waals surface area contributed by atoms with Crippen molar-refractivity contribution < 1.29 is 8.42 Å². The highest BCUT2D eigenvalue weighted by atomic mass is 32.2. The monoisotopic (exact) mass is 265 g/mol. The summed E-state index contributed by atoms with van der Waals surface area (Å²) in [5.74, 6) is 0.646. The molecule has 3 nitrogen and oxygen atoms in total. The van der Waals surface area contributed by atoms with Crippen LogP contribution < -0.4 is 0 Å². The van der Waals surface area contributed by atoms with Crippen LogP contribution in [0.3, 0.4) is 0 Å². The summed E-state index contributed by atoms with van der Waals surface area (Å²) < 4.78 is 22.8. The molecule has 1 fully saturated rings. The number of nitrogens with zero attached hydrogens (tertiary/aromatic N) is 1. The van der Waals surface area contributed by atoms with Gasteiger partial charge in [0.05, 0.1) is 11.5 Å². The summed E-state index contributed by atoms with van der Waals surface area (Å²) in [6.45, 7) is 0.787. The molecule has 1 saturated heterocycles. The van der Waals surface area contributed by atoms with Gasteiger partial charge in [0.25, 0.3) is 0 Å². The Bertz CT molecular complexity index is 508. The molecule has 0 spiro atoms. The van der Waals surface area contributed by atoms with E-state index >= 15 is 0 Å². The van der Waals surface area contributed by atoms with Gasteiger partial charge in [-0.05, 0) is 19.0 Å². The Morgan fingerprint density at radius 2 is 2.06 bits per heavy atom. The van der Waals surface area contributed by atoms with Crippen molar-refractivity contribution >= 4 is 15.9 Å². The normalized spacial score (nSPS) is 22.9. The van der Waals surface area contributed by atoms with Gasteiger partial charge in [-0.25, -0.2) is 8.42 Å². The van der Waals surface area contributed by atoms with Crippen molar-refractivity contribution in [1.82, 2.24) is 4.90 Å². The van der Waals surface area contributed by atoms with E-state index in [9.17, 15) is 8.42 Å². The lowest BCUT2D eigenvalue weighted by Crippen LogP contribution is -2.32. The van der Waals surface area contributed by atoms with E-state index in [2.05, 4.69) is 29.2 Å². The van der Waals surface area contributed by atoms with Crippen molar-refractivity contribution in [3.05, 3.63) is 42.0 Å². The minimum absolute atomic E-state index is 0.176. The zero-order chi connectivity index (χ0) is 13.0. The van der Waals surface area contributed by atoms with Gasteiger partial charge in [-0.15, -0.1) is 0 Å². The molecule has 0 saturated carbocycles. The molecule has 1 atom stereocenters. The summed E-state index contributed by atoms with van der Waals surface area (Å²) in [6.07, 6.45) is 4.91. The van der Waals surface area contributed by atoms with Crippen molar-refractivity contribution in [3.8, 4) is 0 Å². The van der Waals surface area contributed by atoms with Gasteiger partial charge in [-0.1, -0.05) is 42.5 Å². The lowest BCUT2D eigenvalue weighted by atomic mass is 10.2. The van der Waals surface area contributed by atoms with Crippen molar-refractivity contribution in [2.24, 2.45) is 0 Å². The summed E-state index contributed by atoms with van der Waals surface area (Å²) in [7, 11) is -0.796. The summed E-state index contributed by atoms with van der Waals surface area (Å²) >= 11 is 0. The van der Waals surface area contributed by atoms with E-state index in [4.69, 9.17) is 0 Å². The summed E-state index contributed by atoms with van der Waals surface area (Å²) in [5, 5.41) is 0. The molecule has 0 amide bonds. The fourth-order valence-corrected chi connectivity index (χ4v) is 4.00. The van der Waals surface area contributed by atoms with Gasteiger partial charge in [-0.3, -0.25) is 4.90 Å². The third-order valence-electron chi connectivity index (χ3n) is 3.34. The Kier molecular flexibility index (Phi) is 4.19. The Balaban J connectivity index is 1.86. The molecule has 1 aromatic rings. The van der Waals surface area contributed by atoms with Gasteiger partial charge in [-0.2, -0.15) is 0 Å². The first-order valence-electron chi connectivity index (χ1n) is 6.19. The van der Waals surface area contributed by atoms with Gasteiger partial charge >= 0.3 is 0 Å². The Morgan fingerprint density at radius 1 is 1.33 bits per heavy atom. The van der Waals surface area contributed by atoms with Crippen LogP contribution in [0.1, 0.15) is 12.0 Å². The van der Waals surface area contributed by atoms with Gasteiger partial charge in [0.15, 0.2) is 9.84 Å².